The molecular weight excluding hydrogens is 270 g/mol. The van der Waals surface area contributed by atoms with Gasteiger partial charge in [-0.05, 0) is 32.1 Å². The number of methoxy groups -OCH3 is 1. The van der Waals surface area contributed by atoms with E-state index >= 15 is 0 Å². The van der Waals surface area contributed by atoms with Crippen molar-refractivity contribution in [3.05, 3.63) is 10.6 Å². The van der Waals surface area contributed by atoms with Crippen molar-refractivity contribution in [1.82, 2.24) is 10.3 Å². The van der Waals surface area contributed by atoms with Crippen LogP contribution in [0.25, 0.3) is 0 Å². The number of nitrogens with one attached hydrogen (secondary N) is 1. The molecule has 1 aromatic heterocycles. The topological polar surface area (TPSA) is 37.4 Å². The van der Waals surface area contributed by atoms with Crippen LogP contribution in [0.4, 0.5) is 5.13 Å². The Morgan fingerprint density at radius 2 is 2.05 bits per heavy atom. The molecule has 0 spiro atoms. The second-order valence-corrected chi connectivity index (χ2v) is 6.86. The molecule has 2 heterocycles. The summed E-state index contributed by atoms with van der Waals surface area (Å²) in [4.78, 5) is 8.73. The number of anilines is 1. The van der Waals surface area contributed by atoms with Gasteiger partial charge >= 0.3 is 0 Å². The maximum Gasteiger partial charge on any atom is 0.185 e. The number of ether oxygens (including phenoxy) is 1. The zero-order valence-corrected chi connectivity index (χ0v) is 13.3. The molecule has 1 aliphatic carbocycles. The highest BCUT2D eigenvalue weighted by Gasteiger charge is 2.24. The van der Waals surface area contributed by atoms with Crippen LogP contribution in [-0.2, 0) is 17.7 Å². The van der Waals surface area contributed by atoms with Gasteiger partial charge in [0.15, 0.2) is 5.13 Å². The number of nitrogens with zero attached hydrogens (tertiary/aromatic N) is 2. The van der Waals surface area contributed by atoms with Gasteiger partial charge in [-0.25, -0.2) is 4.98 Å². The highest BCUT2D eigenvalue weighted by atomic mass is 32.1. The van der Waals surface area contributed by atoms with Gasteiger partial charge < -0.3 is 15.0 Å². The Morgan fingerprint density at radius 3 is 2.65 bits per heavy atom. The fraction of sp³-hybridized carbons (Fsp3) is 0.800. The second-order valence-electron chi connectivity index (χ2n) is 5.80. The smallest absolute Gasteiger partial charge is 0.185 e. The summed E-state index contributed by atoms with van der Waals surface area (Å²) >= 11 is 1.88. The molecule has 0 bridgehead atoms. The minimum absolute atomic E-state index is 0.438. The molecule has 0 atom stereocenters. The lowest BCUT2D eigenvalue weighted by Crippen LogP contribution is -2.36. The van der Waals surface area contributed by atoms with Crippen LogP contribution in [0, 0.1) is 0 Å². The van der Waals surface area contributed by atoms with Crippen LogP contribution in [0.1, 0.15) is 43.2 Å². The first-order valence-corrected chi connectivity index (χ1v) is 8.61. The molecular formula is C15H25N3OS. The summed E-state index contributed by atoms with van der Waals surface area (Å²) in [7, 11) is 1.82. The molecule has 1 N–H and O–H groups in total. The van der Waals surface area contributed by atoms with E-state index in [-0.39, 0.29) is 0 Å². The van der Waals surface area contributed by atoms with Crippen molar-refractivity contribution in [2.75, 3.05) is 25.1 Å². The zero-order valence-electron chi connectivity index (χ0n) is 12.5. The lowest BCUT2D eigenvalue weighted by Gasteiger charge is -2.30. The fourth-order valence-electron chi connectivity index (χ4n) is 2.73. The minimum Gasteiger partial charge on any atom is -0.381 e. The number of thiazole rings is 1. The SMILES string of the molecule is CCc1nc(N2CCC(OC)CC2)sc1CNC1CC1. The average molecular weight is 295 g/mol. The molecule has 4 nitrogen and oxygen atoms in total. The largest absolute Gasteiger partial charge is 0.381 e. The van der Waals surface area contributed by atoms with E-state index in [4.69, 9.17) is 9.72 Å². The van der Waals surface area contributed by atoms with E-state index < -0.39 is 0 Å². The van der Waals surface area contributed by atoms with Gasteiger partial charge in [0.1, 0.15) is 0 Å². The Morgan fingerprint density at radius 1 is 1.30 bits per heavy atom. The normalized spacial score (nSPS) is 20.6. The molecule has 3 rings (SSSR count). The van der Waals surface area contributed by atoms with E-state index in [0.717, 1.165) is 44.9 Å². The monoisotopic (exact) mass is 295 g/mol. The standard InChI is InChI=1S/C15H25N3OS/c1-3-13-14(10-16-11-4-5-11)20-15(17-13)18-8-6-12(19-2)7-9-18/h11-12,16H,3-10H2,1-2H3. The van der Waals surface area contributed by atoms with Crippen LogP contribution in [0.3, 0.4) is 0 Å². The van der Waals surface area contributed by atoms with Crippen molar-refractivity contribution in [1.29, 1.82) is 0 Å². The molecule has 0 amide bonds. The van der Waals surface area contributed by atoms with Gasteiger partial charge in [0.25, 0.3) is 0 Å². The molecule has 5 heteroatoms. The first kappa shape index (κ1) is 14.3. The van der Waals surface area contributed by atoms with E-state index in [1.807, 2.05) is 18.4 Å². The quantitative estimate of drug-likeness (QED) is 0.875. The molecule has 2 fully saturated rings. The molecule has 112 valence electrons. The van der Waals surface area contributed by atoms with E-state index in [2.05, 4.69) is 17.1 Å². The number of hydrogen-bond donors (Lipinski definition) is 1. The number of aromatic nitrogens is 1. The Labute approximate surface area is 125 Å². The van der Waals surface area contributed by atoms with Gasteiger partial charge in [-0.3, -0.25) is 0 Å². The van der Waals surface area contributed by atoms with Gasteiger partial charge in [-0.1, -0.05) is 6.92 Å². The van der Waals surface area contributed by atoms with Crippen LogP contribution >= 0.6 is 11.3 Å². The molecule has 0 radical (unpaired) electrons. The van der Waals surface area contributed by atoms with Gasteiger partial charge in [-0.15, -0.1) is 11.3 Å². The number of aryl methyl sites for hydroxylation is 1. The Balaban J connectivity index is 1.63. The maximum absolute atomic E-state index is 5.44. The summed E-state index contributed by atoms with van der Waals surface area (Å²) in [6.07, 6.45) is 6.40. The number of piperidine rings is 1. The Hall–Kier alpha value is -0.650. The molecule has 0 unspecified atom stereocenters. The third-order valence-electron chi connectivity index (χ3n) is 4.28. The molecule has 0 aromatic carbocycles. The number of hydrogen-bond acceptors (Lipinski definition) is 5. The highest BCUT2D eigenvalue weighted by Crippen LogP contribution is 2.30. The first-order chi connectivity index (χ1) is 9.80. The van der Waals surface area contributed by atoms with Crippen LogP contribution in [0.15, 0.2) is 0 Å². The van der Waals surface area contributed by atoms with Crippen molar-refractivity contribution in [2.45, 2.75) is 57.7 Å². The average Bonchev–Trinajstić information content (AvgIpc) is 3.24. The van der Waals surface area contributed by atoms with Crippen LogP contribution in [0.2, 0.25) is 0 Å². The Bertz CT molecular complexity index is 436. The second kappa shape index (κ2) is 6.41. The van der Waals surface area contributed by atoms with Crippen LogP contribution < -0.4 is 10.2 Å². The van der Waals surface area contributed by atoms with Crippen molar-refractivity contribution in [3.63, 3.8) is 0 Å². The predicted molar refractivity (Wildman–Crippen MR) is 83.6 cm³/mol. The van der Waals surface area contributed by atoms with Crippen molar-refractivity contribution in [3.8, 4) is 0 Å². The highest BCUT2D eigenvalue weighted by molar-refractivity contribution is 7.15. The third kappa shape index (κ3) is 3.32. The van der Waals surface area contributed by atoms with E-state index in [1.165, 1.54) is 28.5 Å². The molecule has 1 saturated carbocycles. The minimum atomic E-state index is 0.438. The van der Waals surface area contributed by atoms with Crippen molar-refractivity contribution >= 4 is 16.5 Å². The molecule has 20 heavy (non-hydrogen) atoms. The van der Waals surface area contributed by atoms with Gasteiger partial charge in [0.2, 0.25) is 0 Å². The van der Waals surface area contributed by atoms with Gasteiger partial charge in [0, 0.05) is 37.7 Å². The summed E-state index contributed by atoms with van der Waals surface area (Å²) in [6.45, 7) is 5.35. The lowest BCUT2D eigenvalue weighted by atomic mass is 10.1. The fourth-order valence-corrected chi connectivity index (χ4v) is 3.88. The van der Waals surface area contributed by atoms with Gasteiger partial charge in [-0.2, -0.15) is 0 Å². The maximum atomic E-state index is 5.44. The van der Waals surface area contributed by atoms with Crippen molar-refractivity contribution in [2.24, 2.45) is 0 Å². The number of rotatable bonds is 6. The summed E-state index contributed by atoms with van der Waals surface area (Å²) < 4.78 is 5.44. The molecule has 1 aliphatic heterocycles. The molecule has 2 aliphatic rings. The predicted octanol–water partition coefficient (Wildman–Crippen LogP) is 2.57. The van der Waals surface area contributed by atoms with Crippen molar-refractivity contribution < 1.29 is 4.74 Å². The first-order valence-electron chi connectivity index (χ1n) is 7.79. The molecule has 1 saturated heterocycles. The zero-order chi connectivity index (χ0) is 13.9. The Kier molecular flexibility index (Phi) is 4.58. The van der Waals surface area contributed by atoms with E-state index in [1.54, 1.807) is 0 Å². The van der Waals surface area contributed by atoms with E-state index in [9.17, 15) is 0 Å². The molecule has 1 aromatic rings. The third-order valence-corrected chi connectivity index (χ3v) is 5.43. The lowest BCUT2D eigenvalue weighted by molar-refractivity contribution is 0.0819. The van der Waals surface area contributed by atoms with E-state index in [0.29, 0.717) is 6.10 Å². The van der Waals surface area contributed by atoms with Crippen LogP contribution in [0.5, 0.6) is 0 Å². The summed E-state index contributed by atoms with van der Waals surface area (Å²) in [5.41, 5.74) is 1.28. The summed E-state index contributed by atoms with van der Waals surface area (Å²) in [5, 5.41) is 4.82. The van der Waals surface area contributed by atoms with Gasteiger partial charge in [0.05, 0.1) is 11.8 Å². The summed E-state index contributed by atoms with van der Waals surface area (Å²) in [6, 6.07) is 0.766. The van der Waals surface area contributed by atoms with Crippen LogP contribution in [-0.4, -0.2) is 37.3 Å². The summed E-state index contributed by atoms with van der Waals surface area (Å²) in [5.74, 6) is 0.